The highest BCUT2D eigenvalue weighted by atomic mass is 127. The Kier molecular flexibility index (Phi) is 4.39. The predicted molar refractivity (Wildman–Crippen MR) is 71.4 cm³/mol. The summed E-state index contributed by atoms with van der Waals surface area (Å²) in [7, 11) is 0. The number of nitrogens with two attached hydrogens (primary N) is 2. The third-order valence-corrected chi connectivity index (χ3v) is 3.40. The molecule has 0 aliphatic carbocycles. The van der Waals surface area contributed by atoms with Gasteiger partial charge in [0.2, 0.25) is 0 Å². The van der Waals surface area contributed by atoms with Gasteiger partial charge >= 0.3 is 0 Å². The molecule has 0 aliphatic heterocycles. The van der Waals surface area contributed by atoms with E-state index in [4.69, 9.17) is 16.7 Å². The molecule has 0 radical (unpaired) electrons. The van der Waals surface area contributed by atoms with E-state index in [1.165, 1.54) is 18.2 Å². The van der Waals surface area contributed by atoms with Crippen LogP contribution in [0.1, 0.15) is 17.5 Å². The Morgan fingerprint density at radius 3 is 2.71 bits per heavy atom. The zero-order chi connectivity index (χ0) is 13.1. The van der Waals surface area contributed by atoms with Crippen LogP contribution in [0.15, 0.2) is 18.2 Å². The van der Waals surface area contributed by atoms with Gasteiger partial charge in [-0.05, 0) is 25.1 Å². The lowest BCUT2D eigenvalue weighted by molar-refractivity contribution is -0.385. The minimum Gasteiger partial charge on any atom is -0.330 e. The topological polar surface area (TPSA) is 119 Å². The average Bonchev–Trinajstić information content (AvgIpc) is 2.28. The molecule has 1 rings (SSSR count). The van der Waals surface area contributed by atoms with Crippen LogP contribution in [0.2, 0.25) is 0 Å². The highest BCUT2D eigenvalue weighted by Gasteiger charge is 2.30. The summed E-state index contributed by atoms with van der Waals surface area (Å²) in [6.45, 7) is 0.313. The lowest BCUT2D eigenvalue weighted by atomic mass is 10.00. The van der Waals surface area contributed by atoms with E-state index in [1.807, 2.05) is 28.7 Å². The number of halogens is 1. The number of hydrogen-bond donors (Lipinski definition) is 2. The van der Waals surface area contributed by atoms with Gasteiger partial charge in [0.15, 0.2) is 0 Å². The molecule has 0 saturated carbocycles. The molecule has 1 atom stereocenters. The largest absolute Gasteiger partial charge is 0.330 e. The monoisotopic (exact) mass is 346 g/mol. The van der Waals surface area contributed by atoms with Gasteiger partial charge in [-0.2, -0.15) is 5.26 Å². The molecule has 0 spiro atoms. The minimum atomic E-state index is -0.943. The molecule has 90 valence electrons. The van der Waals surface area contributed by atoms with Crippen molar-refractivity contribution < 1.29 is 4.92 Å². The van der Waals surface area contributed by atoms with Gasteiger partial charge in [0.25, 0.3) is 5.69 Å². The second-order valence-corrected chi connectivity index (χ2v) is 5.43. The highest BCUT2D eigenvalue weighted by Crippen LogP contribution is 2.36. The molecule has 1 aromatic carbocycles. The van der Waals surface area contributed by atoms with Crippen LogP contribution in [0, 0.1) is 21.4 Å². The quantitative estimate of drug-likeness (QED) is 0.281. The maximum absolute atomic E-state index is 10.9. The van der Waals surface area contributed by atoms with Crippen molar-refractivity contribution in [1.82, 2.24) is 0 Å². The first-order valence-corrected chi connectivity index (χ1v) is 5.87. The van der Waals surface area contributed by atoms with E-state index in [0.29, 0.717) is 24.1 Å². The molecule has 0 heterocycles. The van der Waals surface area contributed by atoms with E-state index in [1.54, 1.807) is 0 Å². The van der Waals surface area contributed by atoms with E-state index in [9.17, 15) is 10.1 Å². The van der Waals surface area contributed by atoms with E-state index in [2.05, 4.69) is 0 Å². The number of nitrogens with zero attached hydrogens (tertiary/aromatic N) is 2. The standard InChI is InChI=1S/C10H11IN4O2/c11-10(14,3-4-12)8-5-7(6-13)1-2-9(8)15(16)17/h1-2,5H,3-4,12,14H2. The summed E-state index contributed by atoms with van der Waals surface area (Å²) in [5.41, 5.74) is 12.0. The number of nitriles is 1. The summed E-state index contributed by atoms with van der Waals surface area (Å²) in [4.78, 5) is 10.4. The molecular formula is C10H11IN4O2. The predicted octanol–water partition coefficient (Wildman–Crippen LogP) is 1.36. The van der Waals surface area contributed by atoms with Crippen molar-refractivity contribution in [2.45, 2.75) is 9.97 Å². The molecule has 6 nitrogen and oxygen atoms in total. The van der Waals surface area contributed by atoms with Gasteiger partial charge in [-0.15, -0.1) is 0 Å². The van der Waals surface area contributed by atoms with Crippen molar-refractivity contribution in [3.05, 3.63) is 39.4 Å². The fourth-order valence-electron chi connectivity index (χ4n) is 1.44. The smallest absolute Gasteiger partial charge is 0.275 e. The van der Waals surface area contributed by atoms with Gasteiger partial charge in [-0.3, -0.25) is 10.1 Å². The molecule has 1 unspecified atom stereocenters. The number of nitro groups is 1. The van der Waals surface area contributed by atoms with Crippen LogP contribution in [-0.4, -0.2) is 11.5 Å². The first kappa shape index (κ1) is 13.8. The number of rotatable bonds is 4. The molecule has 7 heteroatoms. The number of benzene rings is 1. The number of nitro benzene ring substituents is 1. The summed E-state index contributed by atoms with van der Waals surface area (Å²) >= 11 is 1.92. The first-order valence-electron chi connectivity index (χ1n) is 4.79. The van der Waals surface area contributed by atoms with Crippen molar-refractivity contribution in [2.24, 2.45) is 11.5 Å². The second-order valence-electron chi connectivity index (χ2n) is 3.50. The maximum Gasteiger partial charge on any atom is 0.275 e. The summed E-state index contributed by atoms with van der Waals surface area (Å²) in [5.74, 6) is 0. The van der Waals surface area contributed by atoms with Crippen LogP contribution < -0.4 is 11.5 Å². The summed E-state index contributed by atoms with van der Waals surface area (Å²) in [6, 6.07) is 6.08. The normalized spacial score (nSPS) is 13.8. The van der Waals surface area contributed by atoms with E-state index in [-0.39, 0.29) is 5.69 Å². The third-order valence-electron chi connectivity index (χ3n) is 2.28. The van der Waals surface area contributed by atoms with Crippen molar-refractivity contribution >= 4 is 28.3 Å². The van der Waals surface area contributed by atoms with E-state index < -0.39 is 8.47 Å². The summed E-state index contributed by atoms with van der Waals surface area (Å²) in [6.07, 6.45) is 0.392. The Hall–Kier alpha value is -1.24. The van der Waals surface area contributed by atoms with E-state index >= 15 is 0 Å². The van der Waals surface area contributed by atoms with Gasteiger partial charge in [0.05, 0.1) is 22.1 Å². The Balaban J connectivity index is 3.37. The average molecular weight is 346 g/mol. The van der Waals surface area contributed by atoms with Crippen LogP contribution in [0.4, 0.5) is 5.69 Å². The SMILES string of the molecule is N#Cc1ccc([N+](=O)[O-])c(C(N)(I)CCN)c1. The molecule has 0 fully saturated rings. The molecule has 4 N–H and O–H groups in total. The van der Waals surface area contributed by atoms with Crippen molar-refractivity contribution in [3.63, 3.8) is 0 Å². The molecule has 1 aromatic rings. The van der Waals surface area contributed by atoms with Crippen molar-refractivity contribution in [2.75, 3.05) is 6.54 Å². The Morgan fingerprint density at radius 2 is 2.24 bits per heavy atom. The fraction of sp³-hybridized carbons (Fsp3) is 0.300. The molecular weight excluding hydrogens is 335 g/mol. The first-order chi connectivity index (χ1) is 7.92. The van der Waals surface area contributed by atoms with Crippen LogP contribution in [0.5, 0.6) is 0 Å². The number of alkyl halides is 1. The van der Waals surface area contributed by atoms with Gasteiger partial charge in [0, 0.05) is 6.07 Å². The Morgan fingerprint density at radius 1 is 1.59 bits per heavy atom. The van der Waals surface area contributed by atoms with Crippen LogP contribution in [0.25, 0.3) is 0 Å². The van der Waals surface area contributed by atoms with Gasteiger partial charge in [-0.1, -0.05) is 22.6 Å². The third kappa shape index (κ3) is 3.12. The van der Waals surface area contributed by atoms with Crippen molar-refractivity contribution in [1.29, 1.82) is 5.26 Å². The Labute approximate surface area is 112 Å². The Bertz CT molecular complexity index is 482. The van der Waals surface area contributed by atoms with Gasteiger partial charge in [0.1, 0.15) is 3.55 Å². The lowest BCUT2D eigenvalue weighted by Crippen LogP contribution is -2.32. The van der Waals surface area contributed by atoms with Gasteiger partial charge < -0.3 is 11.5 Å². The zero-order valence-electron chi connectivity index (χ0n) is 8.89. The molecule has 0 bridgehead atoms. The maximum atomic E-state index is 10.9. The molecule has 17 heavy (non-hydrogen) atoms. The fourth-order valence-corrected chi connectivity index (χ4v) is 2.19. The second kappa shape index (κ2) is 5.39. The van der Waals surface area contributed by atoms with E-state index in [0.717, 1.165) is 0 Å². The zero-order valence-corrected chi connectivity index (χ0v) is 11.0. The van der Waals surface area contributed by atoms with Crippen molar-refractivity contribution in [3.8, 4) is 6.07 Å². The van der Waals surface area contributed by atoms with Crippen LogP contribution in [0.3, 0.4) is 0 Å². The van der Waals surface area contributed by atoms with Crippen LogP contribution in [-0.2, 0) is 3.55 Å². The van der Waals surface area contributed by atoms with Crippen LogP contribution >= 0.6 is 22.6 Å². The van der Waals surface area contributed by atoms with Gasteiger partial charge in [-0.25, -0.2) is 0 Å². The lowest BCUT2D eigenvalue weighted by Gasteiger charge is -2.22. The molecule has 0 amide bonds. The minimum absolute atomic E-state index is 0.0886. The summed E-state index contributed by atoms with van der Waals surface area (Å²) in [5, 5.41) is 19.7. The highest BCUT2D eigenvalue weighted by molar-refractivity contribution is 14.1. The summed E-state index contributed by atoms with van der Waals surface area (Å²) < 4.78 is -0.943. The number of hydrogen-bond acceptors (Lipinski definition) is 5. The molecule has 0 aliphatic rings. The molecule has 0 aromatic heterocycles. The molecule has 0 saturated heterocycles.